The zero-order chi connectivity index (χ0) is 16.1. The molecular weight excluding hydrogens is 312 g/mol. The molecule has 0 saturated carbocycles. The third kappa shape index (κ3) is 4.01. The van der Waals surface area contributed by atoms with E-state index in [1.807, 2.05) is 30.3 Å². The largest absolute Gasteiger partial charge is 0.379 e. The van der Waals surface area contributed by atoms with Crippen molar-refractivity contribution in [3.63, 3.8) is 0 Å². The van der Waals surface area contributed by atoms with E-state index in [0.717, 1.165) is 30.6 Å². The monoisotopic (exact) mass is 336 g/mol. The molecule has 2 aliphatic rings. The molecule has 1 aliphatic heterocycles. The molecule has 1 N–H and O–H groups in total. The first-order valence-corrected chi connectivity index (χ1v) is 9.39. The molecule has 1 heterocycles. The van der Waals surface area contributed by atoms with E-state index in [1.54, 1.807) is 0 Å². The van der Waals surface area contributed by atoms with Crippen molar-refractivity contribution in [2.45, 2.75) is 31.2 Å². The Morgan fingerprint density at radius 1 is 1.17 bits per heavy atom. The van der Waals surface area contributed by atoms with Crippen LogP contribution in [0.2, 0.25) is 0 Å². The van der Waals surface area contributed by atoms with Crippen molar-refractivity contribution in [1.29, 1.82) is 0 Å². The molecule has 0 radical (unpaired) electrons. The van der Waals surface area contributed by atoms with Crippen LogP contribution < -0.4 is 4.90 Å². The second-order valence-corrected chi connectivity index (χ2v) is 6.87. The summed E-state index contributed by atoms with van der Waals surface area (Å²) in [7, 11) is 0. The topological polar surface area (TPSA) is 53.0 Å². The van der Waals surface area contributed by atoms with Gasteiger partial charge in [-0.25, -0.2) is 4.21 Å². The number of para-hydroxylation sites is 1. The van der Waals surface area contributed by atoms with Crippen LogP contribution in [-0.2, 0) is 15.8 Å². The van der Waals surface area contributed by atoms with Crippen molar-refractivity contribution >= 4 is 16.8 Å². The lowest BCUT2D eigenvalue weighted by Gasteiger charge is -2.41. The van der Waals surface area contributed by atoms with Gasteiger partial charge in [0.25, 0.3) is 0 Å². The molecule has 3 rings (SSSR count). The molecule has 2 atom stereocenters. The van der Waals surface area contributed by atoms with E-state index >= 15 is 0 Å². The first kappa shape index (κ1) is 16.6. The van der Waals surface area contributed by atoms with Crippen LogP contribution in [0.25, 0.3) is 0 Å². The van der Waals surface area contributed by atoms with Gasteiger partial charge in [0.2, 0.25) is 0 Å². The summed E-state index contributed by atoms with van der Waals surface area (Å²) in [5.74, 6) is 0. The lowest BCUT2D eigenvalue weighted by atomic mass is 10.0. The Labute approximate surface area is 140 Å². The third-order valence-electron chi connectivity index (χ3n) is 4.37. The number of nitrogens with zero attached hydrogens (tertiary/aromatic N) is 2. The molecule has 1 aromatic rings. The molecule has 0 spiro atoms. The maximum Gasteiger partial charge on any atom is 0.192 e. The molecule has 23 heavy (non-hydrogen) atoms. The number of benzene rings is 1. The van der Waals surface area contributed by atoms with Gasteiger partial charge in [0.1, 0.15) is 0 Å². The minimum atomic E-state index is -1.98. The summed E-state index contributed by atoms with van der Waals surface area (Å²) >= 11 is -1.98. The van der Waals surface area contributed by atoms with E-state index in [1.165, 1.54) is 6.42 Å². The summed E-state index contributed by atoms with van der Waals surface area (Å²) in [4.78, 5) is 4.11. The molecule has 0 bridgehead atoms. The van der Waals surface area contributed by atoms with E-state index in [9.17, 15) is 8.76 Å². The average molecular weight is 336 g/mol. The molecule has 1 aromatic carbocycles. The lowest BCUT2D eigenvalue weighted by Crippen LogP contribution is -2.54. The smallest absolute Gasteiger partial charge is 0.192 e. The molecule has 1 fully saturated rings. The summed E-state index contributed by atoms with van der Waals surface area (Å²) in [6.45, 7) is 2.56. The van der Waals surface area contributed by atoms with Gasteiger partial charge in [0.15, 0.2) is 16.6 Å². The third-order valence-corrected chi connectivity index (χ3v) is 5.24. The number of allylic oxidation sites excluding steroid dienone is 2. The highest BCUT2D eigenvalue weighted by Gasteiger charge is 2.34. The van der Waals surface area contributed by atoms with Gasteiger partial charge in [-0.05, 0) is 37.8 Å². The van der Waals surface area contributed by atoms with E-state index in [2.05, 4.69) is 15.9 Å². The van der Waals surface area contributed by atoms with E-state index in [0.29, 0.717) is 26.3 Å². The number of morpholine rings is 1. The van der Waals surface area contributed by atoms with Gasteiger partial charge < -0.3 is 14.2 Å². The predicted molar refractivity (Wildman–Crippen MR) is 92.4 cm³/mol. The number of hydrogen-bond donors (Lipinski definition) is 1. The predicted octanol–water partition coefficient (Wildman–Crippen LogP) is 2.79. The summed E-state index contributed by atoms with van der Waals surface area (Å²) in [6.07, 6.45) is 6.52. The maximum atomic E-state index is 12.2. The van der Waals surface area contributed by atoms with E-state index in [4.69, 9.17) is 4.74 Å². The number of hydrogen-bond acceptors (Lipinski definition) is 4. The fourth-order valence-corrected chi connectivity index (χ4v) is 4.15. The minimum Gasteiger partial charge on any atom is -0.379 e. The van der Waals surface area contributed by atoms with Crippen LogP contribution in [0.5, 0.6) is 0 Å². The summed E-state index contributed by atoms with van der Waals surface area (Å²) in [5, 5.41) is 0. The number of anilines is 1. The maximum absolute atomic E-state index is 12.2. The Morgan fingerprint density at radius 2 is 1.91 bits per heavy atom. The Hall–Kier alpha value is -1.21. The zero-order valence-electron chi connectivity index (χ0n) is 13.3. The van der Waals surface area contributed by atoms with Crippen LogP contribution in [0.1, 0.15) is 25.7 Å². The standard InChI is InChI=1S/C17H24N2O3S/c20-23(21)17(18-11-13-22-14-12-18)19(15-7-3-1-4-8-15)16-9-5-2-6-10-16/h1,3-4,7-9,17H,2,5-6,10-14H2,(H,20,21). The summed E-state index contributed by atoms with van der Waals surface area (Å²) in [5.41, 5.74) is 1.56. The summed E-state index contributed by atoms with van der Waals surface area (Å²) < 4.78 is 27.7. The highest BCUT2D eigenvalue weighted by molar-refractivity contribution is 7.79. The molecule has 6 heteroatoms. The van der Waals surface area contributed by atoms with Gasteiger partial charge in [-0.15, -0.1) is 0 Å². The zero-order valence-corrected chi connectivity index (χ0v) is 14.1. The Morgan fingerprint density at radius 3 is 2.52 bits per heavy atom. The van der Waals surface area contributed by atoms with E-state index < -0.39 is 16.6 Å². The quantitative estimate of drug-likeness (QED) is 0.838. The van der Waals surface area contributed by atoms with Gasteiger partial charge in [0, 0.05) is 24.5 Å². The highest BCUT2D eigenvalue weighted by Crippen LogP contribution is 2.31. The molecule has 0 aromatic heterocycles. The SMILES string of the molecule is O=S(O)C(N1CCOCC1)N(C1=CCCCC1)c1ccccc1. The second-order valence-electron chi connectivity index (χ2n) is 5.90. The molecule has 0 amide bonds. The fraction of sp³-hybridized carbons (Fsp3) is 0.529. The summed E-state index contributed by atoms with van der Waals surface area (Å²) in [6, 6.07) is 9.94. The Kier molecular flexibility index (Phi) is 5.83. The van der Waals surface area contributed by atoms with Crippen molar-refractivity contribution in [3.8, 4) is 0 Å². The van der Waals surface area contributed by atoms with Gasteiger partial charge >= 0.3 is 0 Å². The van der Waals surface area contributed by atoms with Crippen molar-refractivity contribution in [2.75, 3.05) is 31.2 Å². The minimum absolute atomic E-state index is 0.564. The van der Waals surface area contributed by atoms with Crippen LogP contribution in [0.15, 0.2) is 42.1 Å². The Balaban J connectivity index is 1.97. The van der Waals surface area contributed by atoms with Gasteiger partial charge in [-0.2, -0.15) is 0 Å². The fourth-order valence-electron chi connectivity index (χ4n) is 3.24. The molecule has 5 nitrogen and oxygen atoms in total. The van der Waals surface area contributed by atoms with Crippen molar-refractivity contribution < 1.29 is 13.5 Å². The number of rotatable bonds is 5. The normalized spacial score (nSPS) is 22.2. The first-order valence-electron chi connectivity index (χ1n) is 8.22. The first-order chi connectivity index (χ1) is 11.3. The number of ether oxygens (including phenoxy) is 1. The second kappa shape index (κ2) is 8.06. The van der Waals surface area contributed by atoms with Crippen LogP contribution in [0.3, 0.4) is 0 Å². The van der Waals surface area contributed by atoms with E-state index in [-0.39, 0.29) is 0 Å². The molecule has 126 valence electrons. The van der Waals surface area contributed by atoms with Crippen LogP contribution >= 0.6 is 0 Å². The van der Waals surface area contributed by atoms with Crippen molar-refractivity contribution in [3.05, 3.63) is 42.1 Å². The van der Waals surface area contributed by atoms with Crippen molar-refractivity contribution in [1.82, 2.24) is 4.90 Å². The average Bonchev–Trinajstić information content (AvgIpc) is 2.61. The lowest BCUT2D eigenvalue weighted by molar-refractivity contribution is 0.0311. The molecular formula is C17H24N2O3S. The van der Waals surface area contributed by atoms with Crippen molar-refractivity contribution in [2.24, 2.45) is 0 Å². The van der Waals surface area contributed by atoms with Gasteiger partial charge in [-0.1, -0.05) is 24.3 Å². The van der Waals surface area contributed by atoms with Crippen LogP contribution in [0.4, 0.5) is 5.69 Å². The molecule has 2 unspecified atom stereocenters. The molecule has 1 saturated heterocycles. The van der Waals surface area contributed by atoms with Gasteiger partial charge in [0.05, 0.1) is 13.2 Å². The molecule has 1 aliphatic carbocycles. The van der Waals surface area contributed by atoms with Gasteiger partial charge in [-0.3, -0.25) is 4.90 Å². The van der Waals surface area contributed by atoms with Crippen LogP contribution in [-0.4, -0.2) is 45.5 Å². The van der Waals surface area contributed by atoms with Crippen LogP contribution in [0, 0.1) is 0 Å². The Bertz CT molecular complexity index is 558. The highest BCUT2D eigenvalue weighted by atomic mass is 32.2.